The van der Waals surface area contributed by atoms with Gasteiger partial charge in [-0.1, -0.05) is 99.2 Å². The van der Waals surface area contributed by atoms with Crippen LogP contribution in [-0.2, 0) is 9.59 Å². The van der Waals surface area contributed by atoms with Crippen molar-refractivity contribution in [2.75, 3.05) is 10.6 Å². The lowest BCUT2D eigenvalue weighted by Gasteiger charge is -2.28. The Morgan fingerprint density at radius 2 is 0.720 bits per heavy atom. The molecule has 0 aliphatic heterocycles. The van der Waals surface area contributed by atoms with E-state index in [1.807, 2.05) is 0 Å². The third-order valence-electron chi connectivity index (χ3n) is 10.9. The number of ketones is 4. The topological polar surface area (TPSA) is 126 Å². The molecule has 8 heteroatoms. The smallest absolute Gasteiger partial charge is 0.227 e. The number of rotatable bonds is 5. The highest BCUT2D eigenvalue weighted by Gasteiger charge is 2.39. The molecule has 0 atom stereocenters. The van der Waals surface area contributed by atoms with Gasteiger partial charge in [-0.25, -0.2) is 0 Å². The third-order valence-corrected chi connectivity index (χ3v) is 10.9. The molecule has 50 heavy (non-hydrogen) atoms. The monoisotopic (exact) mass is 664 g/mol. The molecular weight excluding hydrogens is 628 g/mol. The van der Waals surface area contributed by atoms with Crippen LogP contribution in [0.2, 0.25) is 0 Å². The summed E-state index contributed by atoms with van der Waals surface area (Å²) in [6, 6.07) is 19.7. The van der Waals surface area contributed by atoms with Crippen LogP contribution in [0.1, 0.15) is 128 Å². The minimum absolute atomic E-state index is 0.0637. The van der Waals surface area contributed by atoms with Gasteiger partial charge in [0, 0.05) is 45.2 Å². The van der Waals surface area contributed by atoms with Crippen molar-refractivity contribution in [2.45, 2.75) is 64.2 Å². The number of carbonyl (C=O) groups excluding carboxylic acids is 6. The van der Waals surface area contributed by atoms with Crippen LogP contribution in [0.5, 0.6) is 0 Å². The first kappa shape index (κ1) is 31.7. The van der Waals surface area contributed by atoms with Crippen LogP contribution >= 0.6 is 0 Å². The molecule has 4 aromatic carbocycles. The van der Waals surface area contributed by atoms with Gasteiger partial charge in [-0.15, -0.1) is 0 Å². The van der Waals surface area contributed by atoms with E-state index in [2.05, 4.69) is 10.6 Å². The van der Waals surface area contributed by atoms with Gasteiger partial charge in [0.1, 0.15) is 0 Å². The maximum absolute atomic E-state index is 14.4. The number of fused-ring (bicyclic) bond motifs is 4. The molecule has 8 nitrogen and oxygen atoms in total. The van der Waals surface area contributed by atoms with Gasteiger partial charge in [0.2, 0.25) is 11.8 Å². The Kier molecular flexibility index (Phi) is 8.10. The Labute approximate surface area is 289 Å². The summed E-state index contributed by atoms with van der Waals surface area (Å²) in [5, 5.41) is 5.95. The van der Waals surface area contributed by atoms with Crippen LogP contribution in [0.25, 0.3) is 11.1 Å². The maximum atomic E-state index is 14.4. The molecule has 0 spiro atoms. The molecule has 0 radical (unpaired) electrons. The lowest BCUT2D eigenvalue weighted by Crippen LogP contribution is -2.29. The van der Waals surface area contributed by atoms with Crippen molar-refractivity contribution in [3.63, 3.8) is 0 Å². The van der Waals surface area contributed by atoms with E-state index < -0.39 is 23.1 Å². The van der Waals surface area contributed by atoms with Crippen LogP contribution in [0.15, 0.2) is 72.8 Å². The average Bonchev–Trinajstić information content (AvgIpc) is 3.16. The predicted molar refractivity (Wildman–Crippen MR) is 189 cm³/mol. The number of nitrogens with one attached hydrogen (secondary N) is 2. The second kappa shape index (κ2) is 12.8. The zero-order valence-corrected chi connectivity index (χ0v) is 27.6. The molecule has 4 aliphatic carbocycles. The van der Waals surface area contributed by atoms with Gasteiger partial charge in [0.15, 0.2) is 23.1 Å². The molecule has 0 saturated heterocycles. The molecule has 2 fully saturated rings. The van der Waals surface area contributed by atoms with Crippen LogP contribution in [0.3, 0.4) is 0 Å². The summed E-state index contributed by atoms with van der Waals surface area (Å²) in [5.74, 6) is -2.41. The van der Waals surface area contributed by atoms with E-state index in [1.165, 1.54) is 0 Å². The van der Waals surface area contributed by atoms with Gasteiger partial charge in [0.25, 0.3) is 0 Å². The Hall–Kier alpha value is -5.50. The zero-order chi connectivity index (χ0) is 34.5. The van der Waals surface area contributed by atoms with E-state index in [4.69, 9.17) is 0 Å². The molecule has 0 unspecified atom stereocenters. The minimum Gasteiger partial charge on any atom is -0.325 e. The molecule has 0 bridgehead atoms. The van der Waals surface area contributed by atoms with Gasteiger partial charge < -0.3 is 10.6 Å². The fraction of sp³-hybridized carbons (Fsp3) is 0.286. The molecule has 8 rings (SSSR count). The average molecular weight is 665 g/mol. The number of hydrogen-bond acceptors (Lipinski definition) is 6. The summed E-state index contributed by atoms with van der Waals surface area (Å²) in [5.41, 5.74) is 2.25. The molecular formula is C42H36N2O6. The second-order valence-electron chi connectivity index (χ2n) is 13.9. The number of amides is 2. The molecule has 0 heterocycles. The third kappa shape index (κ3) is 5.21. The Balaban J connectivity index is 1.31. The van der Waals surface area contributed by atoms with Crippen molar-refractivity contribution in [1.82, 2.24) is 0 Å². The SMILES string of the molecule is O=C1c2ccccc2C(=O)c2c(-c3ccc(NC(=O)C4CCCCC4)c4c3C(=O)c3ccccc3C4=O)ccc(NC(=O)C3CCCCC3)c21. The van der Waals surface area contributed by atoms with E-state index in [1.54, 1.807) is 72.8 Å². The van der Waals surface area contributed by atoms with Crippen LogP contribution in [0, 0.1) is 11.8 Å². The lowest BCUT2D eigenvalue weighted by atomic mass is 9.75. The quantitative estimate of drug-likeness (QED) is 0.193. The Morgan fingerprint density at radius 3 is 1.06 bits per heavy atom. The van der Waals surface area contributed by atoms with Gasteiger partial charge >= 0.3 is 0 Å². The molecule has 2 N–H and O–H groups in total. The molecule has 2 saturated carbocycles. The number of anilines is 2. The Morgan fingerprint density at radius 1 is 0.400 bits per heavy atom. The lowest BCUT2D eigenvalue weighted by molar-refractivity contribution is -0.121. The van der Waals surface area contributed by atoms with Crippen LogP contribution in [0.4, 0.5) is 11.4 Å². The summed E-state index contributed by atoms with van der Waals surface area (Å²) in [6.07, 6.45) is 9.02. The van der Waals surface area contributed by atoms with Gasteiger partial charge in [-0.3, -0.25) is 28.8 Å². The summed E-state index contributed by atoms with van der Waals surface area (Å²) in [7, 11) is 0. The Bertz CT molecular complexity index is 2000. The van der Waals surface area contributed by atoms with Crippen molar-refractivity contribution < 1.29 is 28.8 Å². The predicted octanol–water partition coefficient (Wildman–Crippen LogP) is 7.94. The van der Waals surface area contributed by atoms with E-state index >= 15 is 0 Å². The van der Waals surface area contributed by atoms with Gasteiger partial charge in [0.05, 0.1) is 22.5 Å². The zero-order valence-electron chi connectivity index (χ0n) is 27.6. The number of hydrogen-bond donors (Lipinski definition) is 2. The molecule has 250 valence electrons. The highest BCUT2D eigenvalue weighted by Crippen LogP contribution is 2.44. The first-order chi connectivity index (χ1) is 24.3. The largest absolute Gasteiger partial charge is 0.325 e. The molecule has 4 aliphatic rings. The van der Waals surface area contributed by atoms with Crippen molar-refractivity contribution in [3.8, 4) is 11.1 Å². The summed E-state index contributed by atoms with van der Waals surface area (Å²) < 4.78 is 0. The van der Waals surface area contributed by atoms with Crippen LogP contribution in [-0.4, -0.2) is 34.9 Å². The fourth-order valence-electron chi connectivity index (χ4n) is 8.30. The highest BCUT2D eigenvalue weighted by molar-refractivity contribution is 6.35. The van der Waals surface area contributed by atoms with Crippen molar-refractivity contribution in [1.29, 1.82) is 0 Å². The van der Waals surface area contributed by atoms with E-state index in [-0.39, 0.29) is 79.5 Å². The normalized spacial score (nSPS) is 17.4. The van der Waals surface area contributed by atoms with E-state index in [0.29, 0.717) is 11.1 Å². The molecule has 4 aromatic rings. The van der Waals surface area contributed by atoms with Crippen LogP contribution < -0.4 is 10.6 Å². The van der Waals surface area contributed by atoms with Gasteiger partial charge in [-0.05, 0) is 48.9 Å². The maximum Gasteiger partial charge on any atom is 0.227 e. The van der Waals surface area contributed by atoms with Crippen molar-refractivity contribution >= 4 is 46.3 Å². The van der Waals surface area contributed by atoms with Gasteiger partial charge in [-0.2, -0.15) is 0 Å². The first-order valence-electron chi connectivity index (χ1n) is 17.7. The summed E-state index contributed by atoms with van der Waals surface area (Å²) >= 11 is 0. The second-order valence-corrected chi connectivity index (χ2v) is 13.9. The van der Waals surface area contributed by atoms with Crippen molar-refractivity contribution in [2.24, 2.45) is 11.8 Å². The number of benzene rings is 4. The number of carbonyl (C=O) groups is 6. The summed E-state index contributed by atoms with van der Waals surface area (Å²) in [4.78, 5) is 84.2. The fourth-order valence-corrected chi connectivity index (χ4v) is 8.30. The van der Waals surface area contributed by atoms with Crippen molar-refractivity contribution in [3.05, 3.63) is 117 Å². The standard InChI is InChI=1S/C42H36N2O6/c45-37-27-15-7-9-17-29(27)39(47)35-31(43-41(49)23-11-3-1-4-12-23)21-19-25(33(35)37)26-20-22-32(44-42(50)24-13-5-2-6-14-24)36-34(26)38(46)28-16-8-10-18-30(28)40(36)48/h7-10,15-24H,1-6,11-14H2,(H,43,49)(H,44,50). The highest BCUT2D eigenvalue weighted by atomic mass is 16.2. The molecule has 2 amide bonds. The molecule has 0 aromatic heterocycles. The van der Waals surface area contributed by atoms with E-state index in [0.717, 1.165) is 64.2 Å². The minimum atomic E-state index is -0.419. The first-order valence-corrected chi connectivity index (χ1v) is 17.7. The summed E-state index contributed by atoms with van der Waals surface area (Å²) in [6.45, 7) is 0. The van der Waals surface area contributed by atoms with E-state index in [9.17, 15) is 28.8 Å².